The molecule has 0 radical (unpaired) electrons. The minimum atomic E-state index is -0.391. The van der Waals surface area contributed by atoms with Gasteiger partial charge in [0.2, 0.25) is 0 Å². The van der Waals surface area contributed by atoms with Crippen LogP contribution in [0.1, 0.15) is 16.1 Å². The highest BCUT2D eigenvalue weighted by atomic mass is 35.5. The number of hydrogen-bond donors (Lipinski definition) is 1. The molecule has 3 rings (SSSR count). The summed E-state index contributed by atoms with van der Waals surface area (Å²) in [6.07, 6.45) is 0. The van der Waals surface area contributed by atoms with Crippen LogP contribution in [0, 0.1) is 0 Å². The number of hydrogen-bond acceptors (Lipinski definition) is 3. The molecule has 0 spiro atoms. The summed E-state index contributed by atoms with van der Waals surface area (Å²) < 4.78 is 10.9. The summed E-state index contributed by atoms with van der Waals surface area (Å²) in [5.41, 5.74) is 1.79. The lowest BCUT2D eigenvalue weighted by atomic mass is 10.1. The Morgan fingerprint density at radius 3 is 2.74 bits per heavy atom. The SMILES string of the molecule is COCc1c(C(=O)Nc2ccc(Cl)cc2Cl)oc2ccccc12. The minimum Gasteiger partial charge on any atom is -0.451 e. The van der Waals surface area contributed by atoms with Gasteiger partial charge in [0.05, 0.1) is 17.3 Å². The molecule has 23 heavy (non-hydrogen) atoms. The fourth-order valence-corrected chi connectivity index (χ4v) is 2.80. The van der Waals surface area contributed by atoms with Crippen LogP contribution in [0.5, 0.6) is 0 Å². The first-order chi connectivity index (χ1) is 11.1. The maximum Gasteiger partial charge on any atom is 0.291 e. The van der Waals surface area contributed by atoms with Gasteiger partial charge in [-0.25, -0.2) is 0 Å². The van der Waals surface area contributed by atoms with Gasteiger partial charge < -0.3 is 14.5 Å². The molecular weight excluding hydrogens is 337 g/mol. The van der Waals surface area contributed by atoms with Gasteiger partial charge in [0.15, 0.2) is 5.76 Å². The third-order valence-corrected chi connectivity index (χ3v) is 3.92. The summed E-state index contributed by atoms with van der Waals surface area (Å²) in [6, 6.07) is 12.3. The zero-order chi connectivity index (χ0) is 16.4. The lowest BCUT2D eigenvalue weighted by Gasteiger charge is -2.07. The number of methoxy groups -OCH3 is 1. The number of fused-ring (bicyclic) bond motifs is 1. The second-order valence-corrected chi connectivity index (χ2v) is 5.76. The molecule has 1 aromatic heterocycles. The molecule has 0 bridgehead atoms. The zero-order valence-corrected chi connectivity index (χ0v) is 13.7. The topological polar surface area (TPSA) is 51.5 Å². The molecule has 0 saturated carbocycles. The van der Waals surface area contributed by atoms with E-state index >= 15 is 0 Å². The van der Waals surface area contributed by atoms with Crippen molar-refractivity contribution in [2.75, 3.05) is 12.4 Å². The predicted octanol–water partition coefficient (Wildman–Crippen LogP) is 5.14. The first-order valence-corrected chi connectivity index (χ1v) is 7.61. The van der Waals surface area contributed by atoms with Crippen LogP contribution in [0.4, 0.5) is 5.69 Å². The monoisotopic (exact) mass is 349 g/mol. The van der Waals surface area contributed by atoms with E-state index in [4.69, 9.17) is 32.4 Å². The minimum absolute atomic E-state index is 0.207. The summed E-state index contributed by atoms with van der Waals surface area (Å²) >= 11 is 11.9. The van der Waals surface area contributed by atoms with E-state index in [-0.39, 0.29) is 12.4 Å². The second-order valence-electron chi connectivity index (χ2n) is 4.92. The first-order valence-electron chi connectivity index (χ1n) is 6.86. The number of carbonyl (C=O) groups is 1. The molecule has 6 heteroatoms. The highest BCUT2D eigenvalue weighted by molar-refractivity contribution is 6.36. The zero-order valence-electron chi connectivity index (χ0n) is 12.2. The maximum atomic E-state index is 12.6. The van der Waals surface area contributed by atoms with Crippen molar-refractivity contribution >= 4 is 45.8 Å². The molecule has 0 aliphatic carbocycles. The molecule has 1 heterocycles. The van der Waals surface area contributed by atoms with E-state index in [1.807, 2.05) is 18.2 Å². The van der Waals surface area contributed by atoms with Crippen molar-refractivity contribution in [3.8, 4) is 0 Å². The molecule has 3 aromatic rings. The van der Waals surface area contributed by atoms with Gasteiger partial charge in [-0.15, -0.1) is 0 Å². The number of rotatable bonds is 4. The van der Waals surface area contributed by atoms with Crippen LogP contribution in [0.2, 0.25) is 10.0 Å². The Balaban J connectivity index is 1.98. The summed E-state index contributed by atoms with van der Waals surface area (Å²) in [5.74, 6) is -0.184. The molecule has 0 aliphatic heterocycles. The highest BCUT2D eigenvalue weighted by Gasteiger charge is 2.21. The Hall–Kier alpha value is -2.01. The van der Waals surface area contributed by atoms with Gasteiger partial charge in [-0.1, -0.05) is 41.4 Å². The number of para-hydroxylation sites is 1. The predicted molar refractivity (Wildman–Crippen MR) is 91.3 cm³/mol. The molecule has 0 aliphatic rings. The van der Waals surface area contributed by atoms with Crippen LogP contribution >= 0.6 is 23.2 Å². The van der Waals surface area contributed by atoms with Crippen LogP contribution in [-0.4, -0.2) is 13.0 Å². The van der Waals surface area contributed by atoms with Crippen molar-refractivity contribution in [3.05, 3.63) is 63.8 Å². The van der Waals surface area contributed by atoms with Crippen molar-refractivity contribution in [1.82, 2.24) is 0 Å². The summed E-state index contributed by atoms with van der Waals surface area (Å²) in [7, 11) is 1.57. The molecule has 0 unspecified atom stereocenters. The van der Waals surface area contributed by atoms with Gasteiger partial charge in [-0.3, -0.25) is 4.79 Å². The normalized spacial score (nSPS) is 10.9. The lowest BCUT2D eigenvalue weighted by molar-refractivity contribution is 0.0992. The average Bonchev–Trinajstić information content (AvgIpc) is 2.90. The number of ether oxygens (including phenoxy) is 1. The van der Waals surface area contributed by atoms with E-state index in [2.05, 4.69) is 5.32 Å². The molecule has 0 saturated heterocycles. The number of furan rings is 1. The van der Waals surface area contributed by atoms with Crippen molar-refractivity contribution < 1.29 is 13.9 Å². The number of anilines is 1. The number of amides is 1. The van der Waals surface area contributed by atoms with Gasteiger partial charge in [0.25, 0.3) is 5.91 Å². The molecule has 2 aromatic carbocycles. The van der Waals surface area contributed by atoms with E-state index in [1.165, 1.54) is 0 Å². The molecule has 4 nitrogen and oxygen atoms in total. The smallest absolute Gasteiger partial charge is 0.291 e. The van der Waals surface area contributed by atoms with Crippen molar-refractivity contribution in [2.45, 2.75) is 6.61 Å². The maximum absolute atomic E-state index is 12.6. The van der Waals surface area contributed by atoms with E-state index in [0.29, 0.717) is 26.9 Å². The molecule has 1 N–H and O–H groups in total. The molecule has 1 amide bonds. The van der Waals surface area contributed by atoms with E-state index in [0.717, 1.165) is 5.39 Å². The van der Waals surface area contributed by atoms with Gasteiger partial charge >= 0.3 is 0 Å². The second kappa shape index (κ2) is 6.62. The lowest BCUT2D eigenvalue weighted by Crippen LogP contribution is -2.13. The largest absolute Gasteiger partial charge is 0.451 e. The third kappa shape index (κ3) is 3.20. The van der Waals surface area contributed by atoms with Gasteiger partial charge in [-0.2, -0.15) is 0 Å². The molecule has 0 atom stereocenters. The number of halogens is 2. The Morgan fingerprint density at radius 1 is 1.22 bits per heavy atom. The standard InChI is InChI=1S/C17H13Cl2NO3/c1-22-9-12-11-4-2-3-5-15(11)23-16(12)17(21)20-14-7-6-10(18)8-13(14)19/h2-8H,9H2,1H3,(H,20,21). The fraction of sp³-hybridized carbons (Fsp3) is 0.118. The van der Waals surface area contributed by atoms with Crippen LogP contribution in [0.15, 0.2) is 46.9 Å². The Morgan fingerprint density at radius 2 is 2.00 bits per heavy atom. The van der Waals surface area contributed by atoms with E-state index in [9.17, 15) is 4.79 Å². The number of benzene rings is 2. The number of carbonyl (C=O) groups excluding carboxylic acids is 1. The average molecular weight is 350 g/mol. The van der Waals surface area contributed by atoms with E-state index < -0.39 is 5.91 Å². The third-order valence-electron chi connectivity index (χ3n) is 3.37. The summed E-state index contributed by atoms with van der Waals surface area (Å²) in [4.78, 5) is 12.6. The fourth-order valence-electron chi connectivity index (χ4n) is 2.34. The Bertz CT molecular complexity index is 873. The highest BCUT2D eigenvalue weighted by Crippen LogP contribution is 2.29. The van der Waals surface area contributed by atoms with Gasteiger partial charge in [0.1, 0.15) is 5.58 Å². The quantitative estimate of drug-likeness (QED) is 0.709. The summed E-state index contributed by atoms with van der Waals surface area (Å²) in [5, 5.41) is 4.44. The molecule has 0 fully saturated rings. The van der Waals surface area contributed by atoms with Gasteiger partial charge in [-0.05, 0) is 24.3 Å². The van der Waals surface area contributed by atoms with Crippen LogP contribution in [-0.2, 0) is 11.3 Å². The van der Waals surface area contributed by atoms with Crippen LogP contribution < -0.4 is 5.32 Å². The van der Waals surface area contributed by atoms with Crippen molar-refractivity contribution in [1.29, 1.82) is 0 Å². The Labute approximate surface area is 142 Å². The first kappa shape index (κ1) is 15.9. The summed E-state index contributed by atoms with van der Waals surface area (Å²) in [6.45, 7) is 0.272. The Kier molecular flexibility index (Phi) is 4.57. The van der Waals surface area contributed by atoms with Crippen LogP contribution in [0.3, 0.4) is 0 Å². The van der Waals surface area contributed by atoms with Crippen molar-refractivity contribution in [2.24, 2.45) is 0 Å². The van der Waals surface area contributed by atoms with Gasteiger partial charge in [0, 0.05) is 23.1 Å². The number of nitrogens with one attached hydrogen (secondary N) is 1. The molecular formula is C17H13Cl2NO3. The van der Waals surface area contributed by atoms with Crippen LogP contribution in [0.25, 0.3) is 11.0 Å². The van der Waals surface area contributed by atoms with E-state index in [1.54, 1.807) is 31.4 Å². The molecule has 118 valence electrons. The van der Waals surface area contributed by atoms with Crippen molar-refractivity contribution in [3.63, 3.8) is 0 Å².